The van der Waals surface area contributed by atoms with Gasteiger partial charge in [0.1, 0.15) is 0 Å². The second-order valence-corrected chi connectivity index (χ2v) is 5.29. The van der Waals surface area contributed by atoms with Gasteiger partial charge in [0.25, 0.3) is 0 Å². The predicted octanol–water partition coefficient (Wildman–Crippen LogP) is 1.38. The van der Waals surface area contributed by atoms with Gasteiger partial charge in [-0.05, 0) is 18.2 Å². The molecule has 0 radical (unpaired) electrons. The van der Waals surface area contributed by atoms with Crippen molar-refractivity contribution in [3.8, 4) is 0 Å². The second-order valence-electron chi connectivity index (χ2n) is 4.37. The maximum absolute atomic E-state index is 11.1. The molecule has 0 bridgehead atoms. The highest BCUT2D eigenvalue weighted by Crippen LogP contribution is 2.25. The molecule has 0 atom stereocenters. The van der Waals surface area contributed by atoms with Gasteiger partial charge in [-0.25, -0.2) is 0 Å². The molecule has 0 aliphatic carbocycles. The molecule has 0 aromatic heterocycles. The summed E-state index contributed by atoms with van der Waals surface area (Å²) in [6, 6.07) is 5.72. The van der Waals surface area contributed by atoms with E-state index in [0.29, 0.717) is 0 Å². The topological polar surface area (TPSA) is 43.8 Å². The lowest BCUT2D eigenvalue weighted by Crippen LogP contribution is -2.47. The molecule has 1 saturated heterocycles. The van der Waals surface area contributed by atoms with E-state index in [2.05, 4.69) is 25.7 Å². The van der Waals surface area contributed by atoms with Crippen molar-refractivity contribution >= 4 is 27.9 Å². The van der Waals surface area contributed by atoms with Crippen LogP contribution < -0.4 is 4.90 Å². The first kappa shape index (κ1) is 13.5. The van der Waals surface area contributed by atoms with E-state index in [0.717, 1.165) is 54.7 Å². The van der Waals surface area contributed by atoms with Crippen molar-refractivity contribution in [2.45, 2.75) is 0 Å². The lowest BCUT2D eigenvalue weighted by molar-refractivity contribution is 0.112. The summed E-state index contributed by atoms with van der Waals surface area (Å²) in [4.78, 5) is 15.5. The Hall–Kier alpha value is -0.910. The maximum atomic E-state index is 11.1. The van der Waals surface area contributed by atoms with Crippen LogP contribution in [0.1, 0.15) is 10.4 Å². The molecule has 98 valence electrons. The Kier molecular flexibility index (Phi) is 4.74. The average Bonchev–Trinajstić information content (AvgIpc) is 2.40. The summed E-state index contributed by atoms with van der Waals surface area (Å²) >= 11 is 3.44. The van der Waals surface area contributed by atoms with Gasteiger partial charge in [0.05, 0.1) is 6.61 Å². The van der Waals surface area contributed by atoms with Gasteiger partial charge in [0, 0.05) is 48.4 Å². The molecule has 1 aromatic carbocycles. The van der Waals surface area contributed by atoms with E-state index in [9.17, 15) is 4.79 Å². The van der Waals surface area contributed by atoms with E-state index in [1.165, 1.54) is 0 Å². The molecule has 0 spiro atoms. The third-order valence-electron chi connectivity index (χ3n) is 3.25. The number of rotatable bonds is 4. The van der Waals surface area contributed by atoms with E-state index < -0.39 is 0 Å². The number of benzene rings is 1. The molecule has 18 heavy (non-hydrogen) atoms. The maximum Gasteiger partial charge on any atom is 0.152 e. The fourth-order valence-electron chi connectivity index (χ4n) is 2.24. The molecule has 5 heteroatoms. The third-order valence-corrected chi connectivity index (χ3v) is 3.74. The molecule has 1 aliphatic heterocycles. The molecule has 1 fully saturated rings. The smallest absolute Gasteiger partial charge is 0.152 e. The van der Waals surface area contributed by atoms with Gasteiger partial charge in [0.2, 0.25) is 0 Å². The van der Waals surface area contributed by atoms with Crippen LogP contribution in [0.3, 0.4) is 0 Å². The van der Waals surface area contributed by atoms with Gasteiger partial charge in [-0.3, -0.25) is 9.69 Å². The van der Waals surface area contributed by atoms with Crippen LogP contribution in [-0.2, 0) is 0 Å². The molecule has 0 amide bonds. The lowest BCUT2D eigenvalue weighted by atomic mass is 10.1. The Morgan fingerprint density at radius 2 is 2.00 bits per heavy atom. The molecular weight excluding hydrogens is 296 g/mol. The summed E-state index contributed by atoms with van der Waals surface area (Å²) in [5.41, 5.74) is 1.72. The number of aliphatic hydroxyl groups excluding tert-OH is 1. The monoisotopic (exact) mass is 312 g/mol. The zero-order valence-electron chi connectivity index (χ0n) is 10.2. The number of piperazine rings is 1. The minimum atomic E-state index is 0.205. The van der Waals surface area contributed by atoms with E-state index in [-0.39, 0.29) is 6.61 Å². The molecule has 4 nitrogen and oxygen atoms in total. The summed E-state index contributed by atoms with van der Waals surface area (Å²) in [6.45, 7) is 4.55. The summed E-state index contributed by atoms with van der Waals surface area (Å²) in [7, 11) is 0. The van der Waals surface area contributed by atoms with Crippen LogP contribution in [0.4, 0.5) is 5.69 Å². The summed E-state index contributed by atoms with van der Waals surface area (Å²) in [6.07, 6.45) is 0.905. The van der Waals surface area contributed by atoms with Crippen molar-refractivity contribution in [1.82, 2.24) is 4.90 Å². The number of halogens is 1. The number of carbonyl (C=O) groups is 1. The number of hydrogen-bond acceptors (Lipinski definition) is 4. The minimum Gasteiger partial charge on any atom is -0.395 e. The highest BCUT2D eigenvalue weighted by atomic mass is 79.9. The van der Waals surface area contributed by atoms with Gasteiger partial charge in [-0.2, -0.15) is 0 Å². The molecule has 1 heterocycles. The summed E-state index contributed by atoms with van der Waals surface area (Å²) in [5, 5.41) is 8.91. The normalized spacial score (nSPS) is 16.9. The Labute approximate surface area is 115 Å². The second kappa shape index (κ2) is 6.31. The SMILES string of the molecule is O=Cc1ccc(Br)cc1N1CCN(CCO)CC1. The Bertz CT molecular complexity index is 417. The zero-order chi connectivity index (χ0) is 13.0. The number of hydrogen-bond donors (Lipinski definition) is 1. The first-order valence-electron chi connectivity index (χ1n) is 6.07. The lowest BCUT2D eigenvalue weighted by Gasteiger charge is -2.36. The van der Waals surface area contributed by atoms with Gasteiger partial charge in [-0.15, -0.1) is 0 Å². The third kappa shape index (κ3) is 3.10. The van der Waals surface area contributed by atoms with Crippen LogP contribution in [0.25, 0.3) is 0 Å². The predicted molar refractivity (Wildman–Crippen MR) is 75.3 cm³/mol. The fraction of sp³-hybridized carbons (Fsp3) is 0.462. The number of aliphatic hydroxyl groups is 1. The quantitative estimate of drug-likeness (QED) is 0.853. The molecule has 1 N–H and O–H groups in total. The number of nitrogens with zero attached hydrogens (tertiary/aromatic N) is 2. The van der Waals surface area contributed by atoms with Crippen molar-refractivity contribution in [2.75, 3.05) is 44.2 Å². The van der Waals surface area contributed by atoms with Crippen molar-refractivity contribution in [2.24, 2.45) is 0 Å². The van der Waals surface area contributed by atoms with E-state index in [1.54, 1.807) is 0 Å². The minimum absolute atomic E-state index is 0.205. The van der Waals surface area contributed by atoms with Crippen molar-refractivity contribution in [1.29, 1.82) is 0 Å². The van der Waals surface area contributed by atoms with Crippen molar-refractivity contribution in [3.63, 3.8) is 0 Å². The van der Waals surface area contributed by atoms with Crippen molar-refractivity contribution in [3.05, 3.63) is 28.2 Å². The molecular formula is C13H17BrN2O2. The highest BCUT2D eigenvalue weighted by Gasteiger charge is 2.18. The van der Waals surface area contributed by atoms with Crippen LogP contribution in [0, 0.1) is 0 Å². The van der Waals surface area contributed by atoms with E-state index in [1.807, 2.05) is 18.2 Å². The number of β-amino-alcohol motifs (C(OH)–C–C–N with tert-alkyl or cyclic N) is 1. The number of aldehydes is 1. The fourth-order valence-corrected chi connectivity index (χ4v) is 2.59. The molecule has 1 aromatic rings. The van der Waals surface area contributed by atoms with Gasteiger partial charge in [-0.1, -0.05) is 15.9 Å². The number of anilines is 1. The van der Waals surface area contributed by atoms with Crippen molar-refractivity contribution < 1.29 is 9.90 Å². The molecule has 0 unspecified atom stereocenters. The van der Waals surface area contributed by atoms with Crippen LogP contribution >= 0.6 is 15.9 Å². The first-order valence-corrected chi connectivity index (χ1v) is 6.87. The molecule has 0 saturated carbocycles. The van der Waals surface area contributed by atoms with E-state index in [4.69, 9.17) is 5.11 Å². The average molecular weight is 313 g/mol. The van der Waals surface area contributed by atoms with Crippen LogP contribution in [-0.4, -0.2) is 55.6 Å². The van der Waals surface area contributed by atoms with Gasteiger partial charge >= 0.3 is 0 Å². The Morgan fingerprint density at radius 3 is 2.61 bits per heavy atom. The Balaban J connectivity index is 2.09. The van der Waals surface area contributed by atoms with Crippen LogP contribution in [0.5, 0.6) is 0 Å². The number of carbonyl (C=O) groups excluding carboxylic acids is 1. The summed E-state index contributed by atoms with van der Waals surface area (Å²) < 4.78 is 0.987. The zero-order valence-corrected chi connectivity index (χ0v) is 11.8. The summed E-state index contributed by atoms with van der Waals surface area (Å²) in [5.74, 6) is 0. The van der Waals surface area contributed by atoms with Crippen LogP contribution in [0.2, 0.25) is 0 Å². The largest absolute Gasteiger partial charge is 0.395 e. The Morgan fingerprint density at radius 1 is 1.28 bits per heavy atom. The van der Waals surface area contributed by atoms with Gasteiger partial charge in [0.15, 0.2) is 6.29 Å². The van der Waals surface area contributed by atoms with Gasteiger partial charge < -0.3 is 10.0 Å². The molecule has 1 aliphatic rings. The first-order chi connectivity index (χ1) is 8.74. The standard InChI is InChI=1S/C13H17BrN2O2/c14-12-2-1-11(10-18)13(9-12)16-5-3-15(4-6-16)7-8-17/h1-2,9-10,17H,3-8H2. The van der Waals surface area contributed by atoms with Crippen LogP contribution in [0.15, 0.2) is 22.7 Å². The highest BCUT2D eigenvalue weighted by molar-refractivity contribution is 9.10. The molecule has 2 rings (SSSR count). The van der Waals surface area contributed by atoms with E-state index >= 15 is 0 Å².